The molecule has 2 N–H and O–H groups in total. The van der Waals surface area contributed by atoms with Gasteiger partial charge in [-0.2, -0.15) is 0 Å². The van der Waals surface area contributed by atoms with Gasteiger partial charge in [-0.15, -0.1) is 11.3 Å². The molecule has 6 nitrogen and oxygen atoms in total. The molecule has 3 rings (SSSR count). The van der Waals surface area contributed by atoms with Crippen molar-refractivity contribution in [3.63, 3.8) is 0 Å². The van der Waals surface area contributed by atoms with E-state index in [1.54, 1.807) is 25.4 Å². The van der Waals surface area contributed by atoms with E-state index in [4.69, 9.17) is 16.3 Å². The fourth-order valence-corrected chi connectivity index (χ4v) is 2.98. The SMILES string of the molecule is CNC(=O)c1cc(Oc2ccc(NCc3cnc(Cl)s3)cc2)ccn1. The van der Waals surface area contributed by atoms with Crippen molar-refractivity contribution in [1.29, 1.82) is 0 Å². The van der Waals surface area contributed by atoms with E-state index in [9.17, 15) is 4.79 Å². The van der Waals surface area contributed by atoms with E-state index in [1.807, 2.05) is 24.3 Å². The maximum Gasteiger partial charge on any atom is 0.269 e. The number of nitrogens with one attached hydrogen (secondary N) is 2. The number of ether oxygens (including phenoxy) is 1. The van der Waals surface area contributed by atoms with Gasteiger partial charge in [0.05, 0.1) is 6.54 Å². The van der Waals surface area contributed by atoms with Crippen LogP contribution < -0.4 is 15.4 Å². The lowest BCUT2D eigenvalue weighted by Gasteiger charge is -2.09. The predicted molar refractivity (Wildman–Crippen MR) is 98.6 cm³/mol. The first-order chi connectivity index (χ1) is 12.1. The highest BCUT2D eigenvalue weighted by molar-refractivity contribution is 7.15. The summed E-state index contributed by atoms with van der Waals surface area (Å²) in [7, 11) is 1.56. The van der Waals surface area contributed by atoms with Crippen LogP contribution >= 0.6 is 22.9 Å². The number of pyridine rings is 1. The quantitative estimate of drug-likeness (QED) is 0.683. The van der Waals surface area contributed by atoms with Crippen molar-refractivity contribution in [3.8, 4) is 11.5 Å². The van der Waals surface area contributed by atoms with Gasteiger partial charge in [-0.25, -0.2) is 4.98 Å². The minimum atomic E-state index is -0.256. The summed E-state index contributed by atoms with van der Waals surface area (Å²) >= 11 is 7.26. The molecule has 0 saturated carbocycles. The number of hydrogen-bond acceptors (Lipinski definition) is 6. The standard InChI is InChI=1S/C17H15ClN4O2S/c1-19-16(23)15-8-13(6-7-20-15)24-12-4-2-11(3-5-12)21-9-14-10-22-17(18)25-14/h2-8,10,21H,9H2,1H3,(H,19,23). The second kappa shape index (κ2) is 7.96. The molecule has 0 aliphatic rings. The van der Waals surface area contributed by atoms with Crippen molar-refractivity contribution < 1.29 is 9.53 Å². The number of carbonyl (C=O) groups is 1. The average molecular weight is 375 g/mol. The molecular weight excluding hydrogens is 360 g/mol. The van der Waals surface area contributed by atoms with Crippen LogP contribution in [0.1, 0.15) is 15.4 Å². The smallest absolute Gasteiger partial charge is 0.269 e. The largest absolute Gasteiger partial charge is 0.457 e. The molecular formula is C17H15ClN4O2S. The molecule has 0 saturated heterocycles. The Kier molecular flexibility index (Phi) is 5.47. The highest BCUT2D eigenvalue weighted by atomic mass is 35.5. The molecule has 128 valence electrons. The summed E-state index contributed by atoms with van der Waals surface area (Å²) in [6, 6.07) is 10.8. The Hall–Kier alpha value is -2.64. The van der Waals surface area contributed by atoms with Crippen molar-refractivity contribution in [2.75, 3.05) is 12.4 Å². The van der Waals surface area contributed by atoms with E-state index in [0.29, 0.717) is 28.2 Å². The third kappa shape index (κ3) is 4.68. The fourth-order valence-electron chi connectivity index (χ4n) is 2.06. The summed E-state index contributed by atoms with van der Waals surface area (Å²) in [5.74, 6) is 0.960. The van der Waals surface area contributed by atoms with Crippen LogP contribution in [0.2, 0.25) is 4.47 Å². The van der Waals surface area contributed by atoms with Gasteiger partial charge >= 0.3 is 0 Å². The lowest BCUT2D eigenvalue weighted by molar-refractivity contribution is 0.0958. The number of carbonyl (C=O) groups excluding carboxylic acids is 1. The van der Waals surface area contributed by atoms with E-state index in [2.05, 4.69) is 20.6 Å². The zero-order chi connectivity index (χ0) is 17.6. The van der Waals surface area contributed by atoms with E-state index < -0.39 is 0 Å². The number of rotatable bonds is 6. The molecule has 0 bridgehead atoms. The molecule has 0 spiro atoms. The number of nitrogens with zero attached hydrogens (tertiary/aromatic N) is 2. The lowest BCUT2D eigenvalue weighted by atomic mass is 10.3. The number of thiazole rings is 1. The molecule has 2 heterocycles. The zero-order valence-corrected chi connectivity index (χ0v) is 14.9. The molecule has 25 heavy (non-hydrogen) atoms. The van der Waals surface area contributed by atoms with Crippen LogP contribution in [-0.4, -0.2) is 22.9 Å². The van der Waals surface area contributed by atoms with Gasteiger partial charge in [0.15, 0.2) is 4.47 Å². The summed E-state index contributed by atoms with van der Waals surface area (Å²) in [4.78, 5) is 20.7. The molecule has 8 heteroatoms. The number of anilines is 1. The van der Waals surface area contributed by atoms with E-state index in [0.717, 1.165) is 10.6 Å². The number of amides is 1. The zero-order valence-electron chi connectivity index (χ0n) is 13.3. The molecule has 0 aliphatic heterocycles. The van der Waals surface area contributed by atoms with Gasteiger partial charge in [-0.1, -0.05) is 11.6 Å². The van der Waals surface area contributed by atoms with E-state index in [1.165, 1.54) is 17.5 Å². The highest BCUT2D eigenvalue weighted by Crippen LogP contribution is 2.24. The van der Waals surface area contributed by atoms with Gasteiger partial charge in [-0.05, 0) is 30.3 Å². The number of benzene rings is 1. The summed E-state index contributed by atoms with van der Waals surface area (Å²) in [5, 5.41) is 5.82. The van der Waals surface area contributed by atoms with E-state index >= 15 is 0 Å². The van der Waals surface area contributed by atoms with Gasteiger partial charge in [-0.3, -0.25) is 9.78 Å². The van der Waals surface area contributed by atoms with Crippen molar-refractivity contribution in [1.82, 2.24) is 15.3 Å². The Morgan fingerprint density at radius 3 is 2.68 bits per heavy atom. The Balaban J connectivity index is 1.61. The Morgan fingerprint density at radius 2 is 2.00 bits per heavy atom. The summed E-state index contributed by atoms with van der Waals surface area (Å²) in [6.07, 6.45) is 3.29. The normalized spacial score (nSPS) is 10.3. The minimum Gasteiger partial charge on any atom is -0.457 e. The van der Waals surface area contributed by atoms with Gasteiger partial charge in [0, 0.05) is 36.1 Å². The fraction of sp³-hybridized carbons (Fsp3) is 0.118. The molecule has 1 aromatic carbocycles. The highest BCUT2D eigenvalue weighted by Gasteiger charge is 2.07. The Morgan fingerprint density at radius 1 is 1.20 bits per heavy atom. The molecule has 0 fully saturated rings. The average Bonchev–Trinajstić information content (AvgIpc) is 3.06. The number of hydrogen-bond donors (Lipinski definition) is 2. The van der Waals surface area contributed by atoms with Crippen LogP contribution in [0.4, 0.5) is 5.69 Å². The van der Waals surface area contributed by atoms with Crippen LogP contribution in [0, 0.1) is 0 Å². The minimum absolute atomic E-state index is 0.256. The molecule has 0 aliphatic carbocycles. The van der Waals surface area contributed by atoms with Gasteiger partial charge in [0.25, 0.3) is 5.91 Å². The maximum atomic E-state index is 11.6. The molecule has 0 unspecified atom stereocenters. The second-order valence-corrected chi connectivity index (χ2v) is 6.71. The third-order valence-corrected chi connectivity index (χ3v) is 4.39. The molecule has 3 aromatic rings. The van der Waals surface area contributed by atoms with Crippen LogP contribution in [0.3, 0.4) is 0 Å². The van der Waals surface area contributed by atoms with Crippen LogP contribution in [0.15, 0.2) is 48.8 Å². The number of aromatic nitrogens is 2. The molecule has 1 amide bonds. The van der Waals surface area contributed by atoms with Crippen LogP contribution in [-0.2, 0) is 6.54 Å². The summed E-state index contributed by atoms with van der Waals surface area (Å²) in [6.45, 7) is 0.657. The third-order valence-electron chi connectivity index (χ3n) is 3.27. The van der Waals surface area contributed by atoms with Crippen molar-refractivity contribution in [3.05, 3.63) is 63.8 Å². The predicted octanol–water partition coefficient (Wildman–Crippen LogP) is 3.96. The monoisotopic (exact) mass is 374 g/mol. The summed E-state index contributed by atoms with van der Waals surface area (Å²) < 4.78 is 6.30. The second-order valence-electron chi connectivity index (χ2n) is 5.02. The topological polar surface area (TPSA) is 76.1 Å². The first-order valence-corrected chi connectivity index (χ1v) is 8.63. The van der Waals surface area contributed by atoms with Crippen molar-refractivity contribution >= 4 is 34.5 Å². The molecule has 0 radical (unpaired) electrons. The maximum absolute atomic E-state index is 11.6. The van der Waals surface area contributed by atoms with Crippen LogP contribution in [0.25, 0.3) is 0 Å². The van der Waals surface area contributed by atoms with Gasteiger partial charge in [0.2, 0.25) is 0 Å². The Labute approximate surface area is 153 Å². The van der Waals surface area contributed by atoms with Crippen molar-refractivity contribution in [2.24, 2.45) is 0 Å². The molecule has 0 atom stereocenters. The summed E-state index contributed by atoms with van der Waals surface area (Å²) in [5.41, 5.74) is 1.26. The lowest BCUT2D eigenvalue weighted by Crippen LogP contribution is -2.18. The molecule has 2 aromatic heterocycles. The first-order valence-electron chi connectivity index (χ1n) is 7.44. The van der Waals surface area contributed by atoms with Crippen molar-refractivity contribution in [2.45, 2.75) is 6.54 Å². The Bertz CT molecular complexity index is 867. The van der Waals surface area contributed by atoms with Gasteiger partial charge in [0.1, 0.15) is 17.2 Å². The number of halogens is 1. The van der Waals surface area contributed by atoms with Crippen LogP contribution in [0.5, 0.6) is 11.5 Å². The first kappa shape index (κ1) is 17.2. The van der Waals surface area contributed by atoms with Gasteiger partial charge < -0.3 is 15.4 Å². The van der Waals surface area contributed by atoms with E-state index in [-0.39, 0.29) is 5.91 Å².